The van der Waals surface area contributed by atoms with Gasteiger partial charge in [-0.3, -0.25) is 4.79 Å². The third-order valence-corrected chi connectivity index (χ3v) is 3.61. The van der Waals surface area contributed by atoms with Gasteiger partial charge in [-0.15, -0.1) is 0 Å². The van der Waals surface area contributed by atoms with Gasteiger partial charge in [-0.2, -0.15) is 0 Å². The van der Waals surface area contributed by atoms with Crippen molar-refractivity contribution in [1.82, 2.24) is 9.97 Å². The van der Waals surface area contributed by atoms with E-state index in [2.05, 4.69) is 28.3 Å². The van der Waals surface area contributed by atoms with Gasteiger partial charge in [0.1, 0.15) is 0 Å². The molecule has 0 unspecified atom stereocenters. The first kappa shape index (κ1) is 18.2. The second kappa shape index (κ2) is 8.63. The summed E-state index contributed by atoms with van der Waals surface area (Å²) >= 11 is 0. The predicted octanol–water partition coefficient (Wildman–Crippen LogP) is 3.15. The summed E-state index contributed by atoms with van der Waals surface area (Å²) < 4.78 is 0. The van der Waals surface area contributed by atoms with Crippen LogP contribution in [0.4, 0.5) is 5.69 Å². The Bertz CT molecular complexity index is 864. The summed E-state index contributed by atoms with van der Waals surface area (Å²) in [7, 11) is 0. The number of nitrogens with two attached hydrogens (primary N) is 1. The summed E-state index contributed by atoms with van der Waals surface area (Å²) in [6.45, 7) is 4.39. The van der Waals surface area contributed by atoms with Crippen LogP contribution in [-0.2, 0) is 0 Å². The lowest BCUT2D eigenvalue weighted by molar-refractivity contribution is 1.18. The van der Waals surface area contributed by atoms with E-state index in [9.17, 15) is 4.79 Å². The highest BCUT2D eigenvalue weighted by molar-refractivity contribution is 5.95. The molecule has 0 aliphatic heterocycles. The Labute approximate surface area is 147 Å². The van der Waals surface area contributed by atoms with Gasteiger partial charge in [0.2, 0.25) is 0 Å². The van der Waals surface area contributed by atoms with E-state index in [4.69, 9.17) is 11.1 Å². The molecule has 0 saturated carbocycles. The molecule has 0 fully saturated rings. The highest BCUT2D eigenvalue weighted by Crippen LogP contribution is 2.23. The van der Waals surface area contributed by atoms with Gasteiger partial charge in [-0.1, -0.05) is 13.0 Å². The number of pyridine rings is 2. The Balaban J connectivity index is 2.45. The smallest absolute Gasteiger partial charge is 0.257 e. The number of hydrogen-bond acceptors (Lipinski definition) is 5. The van der Waals surface area contributed by atoms with Crippen molar-refractivity contribution >= 4 is 17.0 Å². The van der Waals surface area contributed by atoms with Gasteiger partial charge < -0.3 is 21.4 Å². The lowest BCUT2D eigenvalue weighted by atomic mass is 10.1. The summed E-state index contributed by atoms with van der Waals surface area (Å²) in [6.07, 6.45) is 7.45. The number of anilines is 1. The van der Waals surface area contributed by atoms with Gasteiger partial charge in [0, 0.05) is 11.9 Å². The lowest BCUT2D eigenvalue weighted by Gasteiger charge is -2.11. The Morgan fingerprint density at radius 2 is 2.24 bits per heavy atom. The number of aromatic amines is 1. The minimum Gasteiger partial charge on any atom is -0.405 e. The Hall–Kier alpha value is -3.15. The molecule has 0 aliphatic rings. The summed E-state index contributed by atoms with van der Waals surface area (Å²) in [6, 6.07) is 7.25. The predicted molar refractivity (Wildman–Crippen MR) is 104 cm³/mol. The van der Waals surface area contributed by atoms with Gasteiger partial charge in [0.05, 0.1) is 29.2 Å². The van der Waals surface area contributed by atoms with Crippen LogP contribution in [0.15, 0.2) is 53.6 Å². The topological polar surface area (TPSA) is 108 Å². The zero-order valence-electron chi connectivity index (χ0n) is 14.5. The quantitative estimate of drug-likeness (QED) is 0.582. The zero-order chi connectivity index (χ0) is 18.2. The molecule has 2 aromatic heterocycles. The van der Waals surface area contributed by atoms with Crippen molar-refractivity contribution in [3.8, 4) is 11.3 Å². The van der Waals surface area contributed by atoms with E-state index >= 15 is 0 Å². The molecule has 0 saturated heterocycles. The molecule has 0 aliphatic carbocycles. The Morgan fingerprint density at radius 3 is 2.92 bits per heavy atom. The van der Waals surface area contributed by atoms with Gasteiger partial charge >= 0.3 is 0 Å². The van der Waals surface area contributed by atoms with E-state index in [1.807, 2.05) is 19.1 Å². The molecule has 0 aromatic carbocycles. The molecule has 130 valence electrons. The third kappa shape index (κ3) is 4.91. The van der Waals surface area contributed by atoms with Gasteiger partial charge in [0.25, 0.3) is 5.56 Å². The number of allylic oxidation sites excluding steroid dienone is 2. The molecular weight excluding hydrogens is 314 g/mol. The van der Waals surface area contributed by atoms with Crippen LogP contribution in [-0.4, -0.2) is 22.2 Å². The minimum atomic E-state index is -0.186. The Kier molecular flexibility index (Phi) is 6.28. The van der Waals surface area contributed by atoms with Crippen molar-refractivity contribution in [2.75, 3.05) is 11.9 Å². The van der Waals surface area contributed by atoms with Crippen LogP contribution in [0.25, 0.3) is 16.8 Å². The van der Waals surface area contributed by atoms with Crippen LogP contribution in [0.2, 0.25) is 0 Å². The fraction of sp³-hybridized carbons (Fsp3) is 0.211. The zero-order valence-corrected chi connectivity index (χ0v) is 14.5. The maximum atomic E-state index is 12.1. The van der Waals surface area contributed by atoms with Crippen molar-refractivity contribution in [2.24, 2.45) is 5.73 Å². The van der Waals surface area contributed by atoms with Crippen LogP contribution in [0.5, 0.6) is 0 Å². The van der Waals surface area contributed by atoms with E-state index in [-0.39, 0.29) is 5.56 Å². The standard InChI is InChI=1S/C19H23N5O/c1-3-5-13(2)17-10-15(23-12-14(21)7-8-20)11-18(24-17)16-6-4-9-22-19(16)25/h4-11,21H,3,12,20H2,1-2H3,(H,22,25)(H,23,24)/b8-7-,13-5?,21-14?. The fourth-order valence-electron chi connectivity index (χ4n) is 2.38. The first-order chi connectivity index (χ1) is 12.0. The van der Waals surface area contributed by atoms with Gasteiger partial charge in [-0.25, -0.2) is 4.98 Å². The van der Waals surface area contributed by atoms with E-state index in [1.165, 1.54) is 12.3 Å². The monoisotopic (exact) mass is 337 g/mol. The number of H-pyrrole nitrogens is 1. The maximum absolute atomic E-state index is 12.1. The number of hydrogen-bond donors (Lipinski definition) is 4. The maximum Gasteiger partial charge on any atom is 0.257 e. The van der Waals surface area contributed by atoms with Gasteiger partial charge in [0.15, 0.2) is 0 Å². The van der Waals surface area contributed by atoms with Crippen molar-refractivity contribution in [3.05, 3.63) is 64.9 Å². The molecule has 2 heterocycles. The molecule has 6 nitrogen and oxygen atoms in total. The van der Waals surface area contributed by atoms with Crippen molar-refractivity contribution in [3.63, 3.8) is 0 Å². The van der Waals surface area contributed by atoms with E-state index in [0.29, 0.717) is 23.5 Å². The summed E-state index contributed by atoms with van der Waals surface area (Å²) in [5.74, 6) is 0. The number of rotatable bonds is 7. The molecule has 6 heteroatoms. The van der Waals surface area contributed by atoms with Crippen molar-refractivity contribution in [1.29, 1.82) is 5.41 Å². The molecule has 2 rings (SSSR count). The second-order valence-electron chi connectivity index (χ2n) is 5.57. The molecular formula is C19H23N5O. The first-order valence-corrected chi connectivity index (χ1v) is 8.12. The summed E-state index contributed by atoms with van der Waals surface area (Å²) in [4.78, 5) is 19.4. The highest BCUT2D eigenvalue weighted by atomic mass is 16.1. The largest absolute Gasteiger partial charge is 0.405 e. The molecule has 0 spiro atoms. The molecule has 0 radical (unpaired) electrons. The highest BCUT2D eigenvalue weighted by Gasteiger charge is 2.09. The second-order valence-corrected chi connectivity index (χ2v) is 5.57. The summed E-state index contributed by atoms with van der Waals surface area (Å²) in [5.41, 5.74) is 9.21. The number of nitrogens with zero attached hydrogens (tertiary/aromatic N) is 1. The van der Waals surface area contributed by atoms with Crippen LogP contribution in [0, 0.1) is 5.41 Å². The SMILES string of the molecule is CCC=C(C)c1cc(NCC(=N)/C=C\N)cc(-c2ccc[nH]c2=O)n1. The van der Waals surface area contributed by atoms with Crippen LogP contribution < -0.4 is 16.6 Å². The first-order valence-electron chi connectivity index (χ1n) is 8.12. The molecule has 0 bridgehead atoms. The van der Waals surface area contributed by atoms with Crippen LogP contribution >= 0.6 is 0 Å². The molecule has 0 amide bonds. The van der Waals surface area contributed by atoms with Gasteiger partial charge in [-0.05, 0) is 55.5 Å². The van der Waals surface area contributed by atoms with E-state index < -0.39 is 0 Å². The molecule has 2 aromatic rings. The molecule has 25 heavy (non-hydrogen) atoms. The van der Waals surface area contributed by atoms with Crippen molar-refractivity contribution < 1.29 is 0 Å². The Morgan fingerprint density at radius 1 is 1.44 bits per heavy atom. The normalized spacial score (nSPS) is 11.7. The van der Waals surface area contributed by atoms with E-state index in [1.54, 1.807) is 18.3 Å². The van der Waals surface area contributed by atoms with Crippen LogP contribution in [0.3, 0.4) is 0 Å². The van der Waals surface area contributed by atoms with Crippen molar-refractivity contribution in [2.45, 2.75) is 20.3 Å². The minimum absolute atomic E-state index is 0.186. The lowest BCUT2D eigenvalue weighted by Crippen LogP contribution is -2.12. The number of aromatic nitrogens is 2. The third-order valence-electron chi connectivity index (χ3n) is 3.61. The average Bonchev–Trinajstić information content (AvgIpc) is 2.60. The van der Waals surface area contributed by atoms with Crippen LogP contribution in [0.1, 0.15) is 26.0 Å². The molecule has 5 N–H and O–H groups in total. The number of nitrogens with one attached hydrogen (secondary N) is 3. The molecule has 0 atom stereocenters. The fourth-order valence-corrected chi connectivity index (χ4v) is 2.38. The average molecular weight is 337 g/mol. The summed E-state index contributed by atoms with van der Waals surface area (Å²) in [5, 5.41) is 11.0. The van der Waals surface area contributed by atoms with E-state index in [0.717, 1.165) is 23.4 Å².